The molecule has 1 N–H and O–H groups in total. The topological polar surface area (TPSA) is 47.0 Å². The number of ether oxygens (including phenoxy) is 1. The molecule has 1 aromatic rings. The number of rotatable bonds is 7. The van der Waals surface area contributed by atoms with Crippen molar-refractivity contribution in [1.82, 2.24) is 15.3 Å². The van der Waals surface area contributed by atoms with Crippen LogP contribution in [-0.4, -0.2) is 36.8 Å². The molecule has 102 valence electrons. The van der Waals surface area contributed by atoms with Crippen LogP contribution < -0.4 is 5.32 Å². The zero-order valence-electron chi connectivity index (χ0n) is 12.2. The zero-order chi connectivity index (χ0) is 13.5. The predicted octanol–water partition coefficient (Wildman–Crippen LogP) is 2.00. The number of hydrogen-bond acceptors (Lipinski definition) is 4. The van der Waals surface area contributed by atoms with E-state index >= 15 is 0 Å². The van der Waals surface area contributed by atoms with Crippen LogP contribution in [0.1, 0.15) is 42.5 Å². The highest BCUT2D eigenvalue weighted by atomic mass is 16.5. The van der Waals surface area contributed by atoms with E-state index in [1.165, 1.54) is 5.56 Å². The lowest BCUT2D eigenvalue weighted by Gasteiger charge is -2.17. The summed E-state index contributed by atoms with van der Waals surface area (Å²) in [7, 11) is 1.97. The van der Waals surface area contributed by atoms with Crippen molar-refractivity contribution in [2.45, 2.75) is 40.0 Å². The highest BCUT2D eigenvalue weighted by Gasteiger charge is 2.14. The molecule has 0 radical (unpaired) electrons. The summed E-state index contributed by atoms with van der Waals surface area (Å²) in [6.07, 6.45) is 0.788. The maximum atomic E-state index is 5.34. The van der Waals surface area contributed by atoms with Crippen molar-refractivity contribution in [1.29, 1.82) is 0 Å². The van der Waals surface area contributed by atoms with Gasteiger partial charge < -0.3 is 10.1 Å². The van der Waals surface area contributed by atoms with Crippen molar-refractivity contribution >= 4 is 0 Å². The summed E-state index contributed by atoms with van der Waals surface area (Å²) in [4.78, 5) is 9.18. The third kappa shape index (κ3) is 4.03. The molecule has 18 heavy (non-hydrogen) atoms. The van der Waals surface area contributed by atoms with E-state index in [4.69, 9.17) is 4.74 Å². The molecular weight excluding hydrogens is 226 g/mol. The first-order valence-corrected chi connectivity index (χ1v) is 6.66. The van der Waals surface area contributed by atoms with Gasteiger partial charge in [0, 0.05) is 31.0 Å². The normalized spacial score (nSPS) is 12.7. The predicted molar refractivity (Wildman–Crippen MR) is 74.0 cm³/mol. The summed E-state index contributed by atoms with van der Waals surface area (Å²) in [5, 5.41) is 3.20. The lowest BCUT2D eigenvalue weighted by atomic mass is 9.98. The van der Waals surface area contributed by atoms with E-state index < -0.39 is 0 Å². The lowest BCUT2D eigenvalue weighted by molar-refractivity contribution is 0.149. The Bertz CT molecular complexity index is 356. The average molecular weight is 251 g/mol. The Hall–Kier alpha value is -1.00. The van der Waals surface area contributed by atoms with Gasteiger partial charge in [0.1, 0.15) is 5.82 Å². The molecule has 0 aliphatic rings. The molecule has 0 aliphatic carbocycles. The fourth-order valence-electron chi connectivity index (χ4n) is 2.34. The molecule has 4 heteroatoms. The highest BCUT2D eigenvalue weighted by molar-refractivity contribution is 5.28. The number of likely N-dealkylation sites (N-methyl/N-ethyl adjacent to an activating group) is 1. The Kier molecular flexibility index (Phi) is 6.22. The molecular formula is C14H25N3O. The maximum absolute atomic E-state index is 5.34. The van der Waals surface area contributed by atoms with E-state index in [0.29, 0.717) is 12.5 Å². The van der Waals surface area contributed by atoms with Crippen molar-refractivity contribution in [2.75, 3.05) is 26.8 Å². The van der Waals surface area contributed by atoms with E-state index in [1.807, 2.05) is 14.0 Å². The van der Waals surface area contributed by atoms with E-state index in [0.717, 1.165) is 36.8 Å². The first kappa shape index (κ1) is 15.1. The molecule has 0 saturated heterocycles. The second-order valence-corrected chi connectivity index (χ2v) is 4.63. The number of aromatic nitrogens is 2. The minimum Gasteiger partial charge on any atom is -0.381 e. The molecule has 0 aliphatic heterocycles. The van der Waals surface area contributed by atoms with Crippen LogP contribution in [0.5, 0.6) is 0 Å². The Morgan fingerprint density at radius 2 is 1.83 bits per heavy atom. The zero-order valence-corrected chi connectivity index (χ0v) is 12.2. The van der Waals surface area contributed by atoms with Gasteiger partial charge >= 0.3 is 0 Å². The molecule has 0 bridgehead atoms. The highest BCUT2D eigenvalue weighted by Crippen LogP contribution is 2.20. The Morgan fingerprint density at radius 1 is 1.22 bits per heavy atom. The van der Waals surface area contributed by atoms with Gasteiger partial charge in [-0.25, -0.2) is 9.97 Å². The van der Waals surface area contributed by atoms with Gasteiger partial charge in [0.25, 0.3) is 0 Å². The molecule has 4 nitrogen and oxygen atoms in total. The van der Waals surface area contributed by atoms with Crippen LogP contribution in [0, 0.1) is 13.8 Å². The monoisotopic (exact) mass is 251 g/mol. The molecule has 1 rings (SSSR count). The van der Waals surface area contributed by atoms with Crippen molar-refractivity contribution < 1.29 is 4.74 Å². The molecule has 0 amide bonds. The molecule has 0 aromatic carbocycles. The summed E-state index contributed by atoms with van der Waals surface area (Å²) in [6, 6.07) is 0. The minimum absolute atomic E-state index is 0.441. The maximum Gasteiger partial charge on any atom is 0.131 e. The van der Waals surface area contributed by atoms with Crippen LogP contribution in [0.15, 0.2) is 0 Å². The number of aryl methyl sites for hydroxylation is 2. The molecule has 1 heterocycles. The fourth-order valence-corrected chi connectivity index (χ4v) is 2.34. The van der Waals surface area contributed by atoms with Crippen LogP contribution in [0.2, 0.25) is 0 Å². The summed E-state index contributed by atoms with van der Waals surface area (Å²) in [6.45, 7) is 10.7. The van der Waals surface area contributed by atoms with Crippen molar-refractivity contribution in [3.63, 3.8) is 0 Å². The molecule has 0 spiro atoms. The minimum atomic E-state index is 0.441. The first-order chi connectivity index (χ1) is 8.60. The van der Waals surface area contributed by atoms with E-state index in [1.54, 1.807) is 0 Å². The van der Waals surface area contributed by atoms with Gasteiger partial charge in [0.05, 0.1) is 6.61 Å². The van der Waals surface area contributed by atoms with Crippen molar-refractivity contribution in [3.05, 3.63) is 22.8 Å². The Morgan fingerprint density at radius 3 is 2.33 bits per heavy atom. The standard InChI is InChI=1S/C14H25N3O/c1-6-18-8-7-13-16-11(3)14(12(4)17-13)10(2)9-15-5/h10,15H,6-9H2,1-5H3. The fraction of sp³-hybridized carbons (Fsp3) is 0.714. The van der Waals surface area contributed by atoms with Crippen molar-refractivity contribution in [3.8, 4) is 0 Å². The summed E-state index contributed by atoms with van der Waals surface area (Å²) < 4.78 is 5.34. The SMILES string of the molecule is CCOCCc1nc(C)c(C(C)CNC)c(C)n1. The molecule has 1 atom stereocenters. The number of nitrogens with one attached hydrogen (secondary N) is 1. The van der Waals surface area contributed by atoms with Crippen LogP contribution in [0.4, 0.5) is 0 Å². The van der Waals surface area contributed by atoms with Crippen molar-refractivity contribution in [2.24, 2.45) is 0 Å². The van der Waals surface area contributed by atoms with Gasteiger partial charge in [0.15, 0.2) is 0 Å². The van der Waals surface area contributed by atoms with Gasteiger partial charge in [-0.1, -0.05) is 6.92 Å². The summed E-state index contributed by atoms with van der Waals surface area (Å²) >= 11 is 0. The Labute approximate surface area is 110 Å². The van der Waals surface area contributed by atoms with E-state index in [-0.39, 0.29) is 0 Å². The molecule has 0 fully saturated rings. The van der Waals surface area contributed by atoms with Gasteiger partial charge in [-0.15, -0.1) is 0 Å². The third-order valence-corrected chi connectivity index (χ3v) is 3.05. The second kappa shape index (κ2) is 7.44. The van der Waals surface area contributed by atoms with Crippen LogP contribution >= 0.6 is 0 Å². The summed E-state index contributed by atoms with van der Waals surface area (Å²) in [5.41, 5.74) is 3.46. The molecule has 1 aromatic heterocycles. The van der Waals surface area contributed by atoms with Crippen LogP contribution in [0.3, 0.4) is 0 Å². The third-order valence-electron chi connectivity index (χ3n) is 3.05. The van der Waals surface area contributed by atoms with Gasteiger partial charge in [-0.3, -0.25) is 0 Å². The molecule has 1 unspecified atom stereocenters. The smallest absolute Gasteiger partial charge is 0.131 e. The lowest BCUT2D eigenvalue weighted by Crippen LogP contribution is -2.18. The molecule has 0 saturated carbocycles. The first-order valence-electron chi connectivity index (χ1n) is 6.66. The summed E-state index contributed by atoms with van der Waals surface area (Å²) in [5.74, 6) is 1.33. The number of nitrogens with zero attached hydrogens (tertiary/aromatic N) is 2. The second-order valence-electron chi connectivity index (χ2n) is 4.63. The van der Waals surface area contributed by atoms with E-state index in [2.05, 4.69) is 36.1 Å². The van der Waals surface area contributed by atoms with Crippen LogP contribution in [-0.2, 0) is 11.2 Å². The average Bonchev–Trinajstić information content (AvgIpc) is 2.28. The van der Waals surface area contributed by atoms with Gasteiger partial charge in [-0.2, -0.15) is 0 Å². The van der Waals surface area contributed by atoms with Gasteiger partial charge in [-0.05, 0) is 39.3 Å². The van der Waals surface area contributed by atoms with Gasteiger partial charge in [0.2, 0.25) is 0 Å². The van der Waals surface area contributed by atoms with E-state index in [9.17, 15) is 0 Å². The largest absolute Gasteiger partial charge is 0.381 e. The quantitative estimate of drug-likeness (QED) is 0.753. The van der Waals surface area contributed by atoms with Crippen LogP contribution in [0.25, 0.3) is 0 Å². The Balaban J connectivity index is 2.83. The number of hydrogen-bond donors (Lipinski definition) is 1.